The van der Waals surface area contributed by atoms with Crippen LogP contribution in [0.1, 0.15) is 6.92 Å². The monoisotopic (exact) mass is 253 g/mol. The SMILES string of the molecule is C=CC(=O)OC(C)C(O)CN[N+](C)(C)C.Cl. The van der Waals surface area contributed by atoms with Gasteiger partial charge in [0.05, 0.1) is 27.7 Å². The minimum atomic E-state index is -0.730. The fourth-order valence-electron chi connectivity index (χ4n) is 0.843. The number of hydrogen-bond donors (Lipinski definition) is 2. The Bertz CT molecular complexity index is 229. The lowest BCUT2D eigenvalue weighted by molar-refractivity contribution is -0.915. The third-order valence-electron chi connectivity index (χ3n) is 1.79. The van der Waals surface area contributed by atoms with E-state index < -0.39 is 18.2 Å². The smallest absolute Gasteiger partial charge is 0.330 e. The molecule has 2 unspecified atom stereocenters. The molecule has 0 heterocycles. The molecule has 0 aliphatic heterocycles. The highest BCUT2D eigenvalue weighted by Gasteiger charge is 2.19. The Morgan fingerprint density at radius 3 is 2.44 bits per heavy atom. The molecule has 2 N–H and O–H groups in total. The summed E-state index contributed by atoms with van der Waals surface area (Å²) in [6.45, 7) is 5.28. The number of carbonyl (C=O) groups is 1. The topological polar surface area (TPSA) is 58.6 Å². The van der Waals surface area contributed by atoms with E-state index in [4.69, 9.17) is 4.74 Å². The zero-order valence-electron chi connectivity index (χ0n) is 10.3. The van der Waals surface area contributed by atoms with Crippen molar-refractivity contribution in [1.82, 2.24) is 5.43 Å². The fraction of sp³-hybridized carbons (Fsp3) is 0.700. The van der Waals surface area contributed by atoms with Gasteiger partial charge in [0.1, 0.15) is 12.2 Å². The molecule has 0 rings (SSSR count). The molecule has 0 saturated carbocycles. The number of carbonyl (C=O) groups excluding carboxylic acids is 1. The highest BCUT2D eigenvalue weighted by molar-refractivity contribution is 5.85. The molecule has 0 aliphatic carbocycles. The summed E-state index contributed by atoms with van der Waals surface area (Å²) in [5, 5.41) is 9.64. The third-order valence-corrected chi connectivity index (χ3v) is 1.79. The number of nitrogens with one attached hydrogen (secondary N) is 1. The second kappa shape index (κ2) is 7.62. The lowest BCUT2D eigenvalue weighted by Crippen LogP contribution is -2.52. The highest BCUT2D eigenvalue weighted by atomic mass is 35.5. The summed E-state index contributed by atoms with van der Waals surface area (Å²) in [5.41, 5.74) is 3.06. The first-order valence-electron chi connectivity index (χ1n) is 4.84. The van der Waals surface area contributed by atoms with Crippen molar-refractivity contribution >= 4 is 18.4 Å². The molecule has 0 radical (unpaired) electrons. The van der Waals surface area contributed by atoms with Gasteiger partial charge in [0.2, 0.25) is 0 Å². The van der Waals surface area contributed by atoms with Crippen molar-refractivity contribution in [2.24, 2.45) is 0 Å². The normalized spacial score (nSPS) is 14.6. The van der Waals surface area contributed by atoms with Gasteiger partial charge >= 0.3 is 5.97 Å². The molecule has 0 spiro atoms. The van der Waals surface area contributed by atoms with Gasteiger partial charge in [0, 0.05) is 6.08 Å². The quantitative estimate of drug-likeness (QED) is 0.305. The minimum Gasteiger partial charge on any atom is -0.457 e. The van der Waals surface area contributed by atoms with Gasteiger partial charge < -0.3 is 9.84 Å². The van der Waals surface area contributed by atoms with Crippen LogP contribution in [0.5, 0.6) is 0 Å². The maximum Gasteiger partial charge on any atom is 0.330 e. The molecule has 0 aliphatic rings. The molecule has 6 heteroatoms. The first kappa shape index (κ1) is 17.8. The van der Waals surface area contributed by atoms with Gasteiger partial charge in [-0.3, -0.25) is 4.59 Å². The number of quaternary nitrogens is 1. The van der Waals surface area contributed by atoms with E-state index in [-0.39, 0.29) is 12.4 Å². The van der Waals surface area contributed by atoms with Crippen LogP contribution in [0.2, 0.25) is 0 Å². The summed E-state index contributed by atoms with van der Waals surface area (Å²) in [5.74, 6) is -0.521. The van der Waals surface area contributed by atoms with E-state index >= 15 is 0 Å². The predicted molar refractivity (Wildman–Crippen MR) is 65.0 cm³/mol. The Kier molecular flexibility index (Phi) is 8.46. The largest absolute Gasteiger partial charge is 0.457 e. The number of aliphatic hydroxyl groups excluding tert-OH is 1. The number of esters is 1. The van der Waals surface area contributed by atoms with Crippen LogP contribution in [0.4, 0.5) is 0 Å². The standard InChI is InChI=1S/C10H21N2O3.ClH/c1-6-10(14)15-8(2)9(13)7-11-12(3,4)5;/h6,8-9,11,13H,1,7H2,2-5H3;1H/q+1;. The van der Waals surface area contributed by atoms with Crippen molar-refractivity contribution in [3.63, 3.8) is 0 Å². The van der Waals surface area contributed by atoms with Crippen LogP contribution in [0.15, 0.2) is 12.7 Å². The summed E-state index contributed by atoms with van der Waals surface area (Å²) in [6.07, 6.45) is -0.197. The van der Waals surface area contributed by atoms with Crippen LogP contribution in [-0.4, -0.2) is 55.6 Å². The van der Waals surface area contributed by atoms with Crippen molar-refractivity contribution in [2.45, 2.75) is 19.1 Å². The highest BCUT2D eigenvalue weighted by Crippen LogP contribution is 1.99. The summed E-state index contributed by atoms with van der Waals surface area (Å²) < 4.78 is 5.40. The van der Waals surface area contributed by atoms with Gasteiger partial charge in [-0.25, -0.2) is 4.79 Å². The van der Waals surface area contributed by atoms with E-state index in [1.807, 2.05) is 21.1 Å². The fourth-order valence-corrected chi connectivity index (χ4v) is 0.843. The first-order valence-corrected chi connectivity index (χ1v) is 4.84. The van der Waals surface area contributed by atoms with Crippen LogP contribution in [0, 0.1) is 0 Å². The van der Waals surface area contributed by atoms with Crippen LogP contribution >= 0.6 is 12.4 Å². The number of aliphatic hydroxyl groups is 1. The molecule has 0 aromatic carbocycles. The number of rotatable bonds is 6. The van der Waals surface area contributed by atoms with Crippen molar-refractivity contribution in [3.8, 4) is 0 Å². The van der Waals surface area contributed by atoms with Crippen molar-refractivity contribution in [1.29, 1.82) is 0 Å². The number of nitrogens with zero attached hydrogens (tertiary/aromatic N) is 1. The van der Waals surface area contributed by atoms with Crippen LogP contribution in [0.25, 0.3) is 0 Å². The molecule has 2 atom stereocenters. The van der Waals surface area contributed by atoms with Crippen LogP contribution < -0.4 is 5.43 Å². The maximum atomic E-state index is 10.9. The average Bonchev–Trinajstić information content (AvgIpc) is 2.12. The van der Waals surface area contributed by atoms with Gasteiger partial charge in [-0.05, 0) is 6.92 Å². The molecule has 96 valence electrons. The second-order valence-corrected chi connectivity index (χ2v) is 4.29. The molecular formula is C10H22ClN2O3+. The lowest BCUT2D eigenvalue weighted by Gasteiger charge is -2.27. The Labute approximate surface area is 103 Å². The van der Waals surface area contributed by atoms with Crippen molar-refractivity contribution < 1.29 is 19.2 Å². The molecule has 0 fully saturated rings. The summed E-state index contributed by atoms with van der Waals surface area (Å²) in [7, 11) is 5.81. The third kappa shape index (κ3) is 8.67. The van der Waals surface area contributed by atoms with Gasteiger partial charge in [-0.15, -0.1) is 12.4 Å². The molecule has 16 heavy (non-hydrogen) atoms. The molecule has 0 aromatic rings. The molecular weight excluding hydrogens is 232 g/mol. The maximum absolute atomic E-state index is 10.9. The molecule has 0 aromatic heterocycles. The first-order chi connectivity index (χ1) is 6.76. The summed E-state index contributed by atoms with van der Waals surface area (Å²) in [6, 6.07) is 0. The second-order valence-electron chi connectivity index (χ2n) is 4.29. The van der Waals surface area contributed by atoms with E-state index in [0.29, 0.717) is 11.1 Å². The Morgan fingerprint density at radius 2 is 2.06 bits per heavy atom. The van der Waals surface area contributed by atoms with Crippen LogP contribution in [0.3, 0.4) is 0 Å². The number of hydrogen-bond acceptors (Lipinski definition) is 4. The van der Waals surface area contributed by atoms with E-state index in [1.165, 1.54) is 0 Å². The molecule has 0 bridgehead atoms. The molecule has 0 saturated heterocycles. The van der Waals surface area contributed by atoms with Gasteiger partial charge in [-0.1, -0.05) is 6.58 Å². The lowest BCUT2D eigenvalue weighted by atomic mass is 10.2. The zero-order valence-corrected chi connectivity index (χ0v) is 11.1. The Balaban J connectivity index is 0. The average molecular weight is 254 g/mol. The summed E-state index contributed by atoms with van der Waals surface area (Å²) in [4.78, 5) is 10.9. The zero-order chi connectivity index (χ0) is 12.1. The molecule has 0 amide bonds. The molecule has 5 nitrogen and oxygen atoms in total. The Hall–Kier alpha value is -0.620. The van der Waals surface area contributed by atoms with Crippen molar-refractivity contribution in [2.75, 3.05) is 27.7 Å². The van der Waals surface area contributed by atoms with Gasteiger partial charge in [-0.2, -0.15) is 5.43 Å². The van der Waals surface area contributed by atoms with Crippen LogP contribution in [-0.2, 0) is 9.53 Å². The van der Waals surface area contributed by atoms with E-state index in [2.05, 4.69) is 12.0 Å². The van der Waals surface area contributed by atoms with Gasteiger partial charge in [0.15, 0.2) is 0 Å². The van der Waals surface area contributed by atoms with E-state index in [1.54, 1.807) is 6.92 Å². The number of halogens is 1. The van der Waals surface area contributed by atoms with E-state index in [9.17, 15) is 9.90 Å². The number of ether oxygens (including phenoxy) is 1. The predicted octanol–water partition coefficient (Wildman–Crippen LogP) is 0.0976. The summed E-state index contributed by atoms with van der Waals surface area (Å²) >= 11 is 0. The van der Waals surface area contributed by atoms with Gasteiger partial charge in [0.25, 0.3) is 0 Å². The van der Waals surface area contributed by atoms with Crippen molar-refractivity contribution in [3.05, 3.63) is 12.7 Å². The minimum absolute atomic E-state index is 0. The van der Waals surface area contributed by atoms with E-state index in [0.717, 1.165) is 6.08 Å². The Morgan fingerprint density at radius 1 is 1.56 bits per heavy atom.